The molecule has 1 aliphatic heterocycles. The van der Waals surface area contributed by atoms with Crippen LogP contribution in [0.15, 0.2) is 48.5 Å². The molecule has 1 aliphatic rings. The van der Waals surface area contributed by atoms with Crippen LogP contribution in [0.5, 0.6) is 5.75 Å². The first-order valence-electron chi connectivity index (χ1n) is 7.12. The maximum Gasteiger partial charge on any atom is 0.256 e. The molecule has 3 rings (SSSR count). The van der Waals surface area contributed by atoms with Crippen LogP contribution in [0.1, 0.15) is 6.42 Å². The van der Waals surface area contributed by atoms with Crippen LogP contribution in [0.4, 0.5) is 11.4 Å². The highest BCUT2D eigenvalue weighted by atomic mass is 35.5. The molecule has 0 aromatic heterocycles. The van der Waals surface area contributed by atoms with E-state index in [0.717, 1.165) is 0 Å². The maximum absolute atomic E-state index is 12.6. The summed E-state index contributed by atoms with van der Waals surface area (Å²) < 4.78 is 5.08. The third kappa shape index (κ3) is 3.00. The number of ether oxygens (including phenoxy) is 1. The highest BCUT2D eigenvalue weighted by molar-refractivity contribution is 6.33. The number of hydrogen-bond acceptors (Lipinski definition) is 4. The highest BCUT2D eigenvalue weighted by Crippen LogP contribution is 2.28. The number of benzene rings is 2. The summed E-state index contributed by atoms with van der Waals surface area (Å²) in [6.45, 7) is 0. The molecule has 2 aromatic carbocycles. The van der Waals surface area contributed by atoms with Crippen molar-refractivity contribution in [3.8, 4) is 5.75 Å². The molecule has 0 aliphatic carbocycles. The number of anilines is 2. The first-order chi connectivity index (χ1) is 11.1. The summed E-state index contributed by atoms with van der Waals surface area (Å²) in [5.41, 5.74) is 1.17. The number of para-hydroxylation sites is 1. The van der Waals surface area contributed by atoms with Crippen molar-refractivity contribution in [3.63, 3.8) is 0 Å². The molecule has 6 heteroatoms. The zero-order valence-corrected chi connectivity index (χ0v) is 13.2. The van der Waals surface area contributed by atoms with Crippen molar-refractivity contribution in [2.45, 2.75) is 12.5 Å². The van der Waals surface area contributed by atoms with Crippen molar-refractivity contribution in [3.05, 3.63) is 53.6 Å². The molecule has 118 valence electrons. The number of imide groups is 1. The lowest BCUT2D eigenvalue weighted by molar-refractivity contribution is -0.121. The van der Waals surface area contributed by atoms with Gasteiger partial charge in [0.05, 0.1) is 29.9 Å². The van der Waals surface area contributed by atoms with Crippen LogP contribution in [-0.4, -0.2) is 25.0 Å². The Bertz CT molecular complexity index is 746. The molecule has 0 saturated carbocycles. The molecule has 1 N–H and O–H groups in total. The van der Waals surface area contributed by atoms with Crippen molar-refractivity contribution < 1.29 is 14.3 Å². The van der Waals surface area contributed by atoms with Gasteiger partial charge in [-0.25, -0.2) is 4.90 Å². The second-order valence-corrected chi connectivity index (χ2v) is 5.55. The van der Waals surface area contributed by atoms with Crippen molar-refractivity contribution in [2.75, 3.05) is 17.3 Å². The number of nitrogens with zero attached hydrogens (tertiary/aromatic N) is 1. The Morgan fingerprint density at radius 1 is 1.13 bits per heavy atom. The van der Waals surface area contributed by atoms with E-state index >= 15 is 0 Å². The number of nitrogens with one attached hydrogen (secondary N) is 1. The van der Waals surface area contributed by atoms with Gasteiger partial charge in [0.25, 0.3) is 5.91 Å². The zero-order valence-electron chi connectivity index (χ0n) is 12.5. The maximum atomic E-state index is 12.6. The number of amides is 2. The number of rotatable bonds is 4. The molecular formula is C17H15ClN2O3. The molecule has 0 unspecified atom stereocenters. The first kappa shape index (κ1) is 15.4. The predicted octanol–water partition coefficient (Wildman–Crippen LogP) is 3.09. The van der Waals surface area contributed by atoms with Crippen LogP contribution in [0.3, 0.4) is 0 Å². The van der Waals surface area contributed by atoms with Crippen molar-refractivity contribution in [1.29, 1.82) is 0 Å². The van der Waals surface area contributed by atoms with Gasteiger partial charge in [-0.2, -0.15) is 0 Å². The lowest BCUT2D eigenvalue weighted by Crippen LogP contribution is -2.34. The third-order valence-corrected chi connectivity index (χ3v) is 4.01. The smallest absolute Gasteiger partial charge is 0.256 e. The molecule has 1 fully saturated rings. The molecule has 5 nitrogen and oxygen atoms in total. The van der Waals surface area contributed by atoms with Crippen molar-refractivity contribution >= 4 is 34.8 Å². The summed E-state index contributed by atoms with van der Waals surface area (Å²) in [5, 5.41) is 3.55. The Morgan fingerprint density at radius 2 is 1.83 bits per heavy atom. The highest BCUT2D eigenvalue weighted by Gasteiger charge is 2.39. The van der Waals surface area contributed by atoms with Gasteiger partial charge in [-0.15, -0.1) is 0 Å². The minimum atomic E-state index is -0.621. The van der Waals surface area contributed by atoms with Crippen LogP contribution in [-0.2, 0) is 9.59 Å². The van der Waals surface area contributed by atoms with E-state index in [1.807, 2.05) is 6.07 Å². The lowest BCUT2D eigenvalue weighted by Gasteiger charge is -2.17. The van der Waals surface area contributed by atoms with Crippen LogP contribution in [0.2, 0.25) is 5.02 Å². The summed E-state index contributed by atoms with van der Waals surface area (Å²) in [6, 6.07) is 13.3. The van der Waals surface area contributed by atoms with Gasteiger partial charge >= 0.3 is 0 Å². The molecule has 2 amide bonds. The van der Waals surface area contributed by atoms with E-state index in [4.69, 9.17) is 16.3 Å². The Kier molecular flexibility index (Phi) is 4.21. The standard InChI is InChI=1S/C17H15ClN2O3/c1-23-12-8-6-11(7-9-12)20-16(21)10-15(17(20)22)19-14-5-3-2-4-13(14)18/h2-9,15,19H,10H2,1H3/t15-/m1/s1. The van der Waals surface area contributed by atoms with Gasteiger partial charge < -0.3 is 10.1 Å². The summed E-state index contributed by atoms with van der Waals surface area (Å²) in [5.74, 6) is 0.128. The molecule has 2 aromatic rings. The van der Waals surface area contributed by atoms with Crippen LogP contribution in [0, 0.1) is 0 Å². The zero-order chi connectivity index (χ0) is 16.4. The van der Waals surface area contributed by atoms with Gasteiger partial charge in [0.15, 0.2) is 0 Å². The van der Waals surface area contributed by atoms with Gasteiger partial charge in [0, 0.05) is 0 Å². The quantitative estimate of drug-likeness (QED) is 0.875. The van der Waals surface area contributed by atoms with Crippen LogP contribution >= 0.6 is 11.6 Å². The molecule has 0 bridgehead atoms. The fourth-order valence-electron chi connectivity index (χ4n) is 2.51. The summed E-state index contributed by atoms with van der Waals surface area (Å²) in [6.07, 6.45) is 0.0933. The number of hydrogen-bond donors (Lipinski definition) is 1. The van der Waals surface area contributed by atoms with Gasteiger partial charge in [-0.05, 0) is 36.4 Å². The largest absolute Gasteiger partial charge is 0.497 e. The van der Waals surface area contributed by atoms with Gasteiger partial charge in [-0.3, -0.25) is 9.59 Å². The van der Waals surface area contributed by atoms with E-state index in [2.05, 4.69) is 5.32 Å². The second kappa shape index (κ2) is 6.30. The number of carbonyl (C=O) groups excluding carboxylic acids is 2. The predicted molar refractivity (Wildman–Crippen MR) is 89.0 cm³/mol. The molecule has 1 saturated heterocycles. The lowest BCUT2D eigenvalue weighted by atomic mass is 10.2. The monoisotopic (exact) mass is 330 g/mol. The number of carbonyl (C=O) groups is 2. The summed E-state index contributed by atoms with van der Waals surface area (Å²) >= 11 is 6.09. The van der Waals surface area contributed by atoms with Gasteiger partial charge in [0.1, 0.15) is 11.8 Å². The number of halogens is 1. The molecule has 23 heavy (non-hydrogen) atoms. The van der Waals surface area contributed by atoms with E-state index in [1.165, 1.54) is 4.90 Å². The van der Waals surface area contributed by atoms with Gasteiger partial charge in [-0.1, -0.05) is 23.7 Å². The average Bonchev–Trinajstić information content (AvgIpc) is 2.84. The van der Waals surface area contributed by atoms with Gasteiger partial charge in [0.2, 0.25) is 5.91 Å². The van der Waals surface area contributed by atoms with Crippen LogP contribution < -0.4 is 15.0 Å². The van der Waals surface area contributed by atoms with E-state index in [9.17, 15) is 9.59 Å². The first-order valence-corrected chi connectivity index (χ1v) is 7.50. The molecule has 0 spiro atoms. The minimum Gasteiger partial charge on any atom is -0.497 e. The van der Waals surface area contributed by atoms with Crippen molar-refractivity contribution in [2.24, 2.45) is 0 Å². The Hall–Kier alpha value is -2.53. The SMILES string of the molecule is COc1ccc(N2C(=O)C[C@@H](Nc3ccccc3Cl)C2=O)cc1. The molecule has 0 radical (unpaired) electrons. The summed E-state index contributed by atoms with van der Waals surface area (Å²) in [4.78, 5) is 26.0. The summed E-state index contributed by atoms with van der Waals surface area (Å²) in [7, 11) is 1.56. The molecule has 1 atom stereocenters. The molecular weight excluding hydrogens is 316 g/mol. The Labute approximate surface area is 138 Å². The topological polar surface area (TPSA) is 58.6 Å². The van der Waals surface area contributed by atoms with E-state index in [-0.39, 0.29) is 18.2 Å². The molecule has 1 heterocycles. The normalized spacial score (nSPS) is 17.5. The fraction of sp³-hybridized carbons (Fsp3) is 0.176. The minimum absolute atomic E-state index is 0.0933. The Balaban J connectivity index is 1.80. The van der Waals surface area contributed by atoms with Crippen LogP contribution in [0.25, 0.3) is 0 Å². The van der Waals surface area contributed by atoms with E-state index in [0.29, 0.717) is 22.1 Å². The third-order valence-electron chi connectivity index (χ3n) is 3.68. The second-order valence-electron chi connectivity index (χ2n) is 5.15. The van der Waals surface area contributed by atoms with E-state index < -0.39 is 6.04 Å². The fourth-order valence-corrected chi connectivity index (χ4v) is 2.70. The van der Waals surface area contributed by atoms with E-state index in [1.54, 1.807) is 49.6 Å². The number of methoxy groups -OCH3 is 1. The van der Waals surface area contributed by atoms with Crippen molar-refractivity contribution in [1.82, 2.24) is 0 Å². The Morgan fingerprint density at radius 3 is 2.48 bits per heavy atom. The average molecular weight is 331 g/mol.